The molecule has 3 aliphatic rings. The van der Waals surface area contributed by atoms with Crippen LogP contribution in [0.25, 0.3) is 0 Å². The molecular formula is C19H24BrN3O3S. The monoisotopic (exact) mass is 453 g/mol. The molecule has 1 aromatic rings. The van der Waals surface area contributed by atoms with Crippen LogP contribution in [0.5, 0.6) is 5.75 Å². The largest absolute Gasteiger partial charge is 0.490 e. The number of benzene rings is 1. The summed E-state index contributed by atoms with van der Waals surface area (Å²) in [6.45, 7) is 3.01. The molecule has 1 aliphatic carbocycles. The summed E-state index contributed by atoms with van der Waals surface area (Å²) < 4.78 is 7.31. The number of hydrogen-bond acceptors (Lipinski definition) is 6. The molecule has 1 spiro atoms. The lowest BCUT2D eigenvalue weighted by Crippen LogP contribution is -2.55. The standard InChI is InChI=1S/C19H24BrN3O3S/c1-18(2,25)16(24)22-11-4-6-15-13(8-11)19(9-27-17(21)23-19)12-7-10(20)3-5-14(12)26-15/h3,5,7,11,13,15,25H,4,6,8-9H2,1-2H3,(H2,21,23)(H,22,24)/t11?,13?,15-,19?/m0/s1. The highest BCUT2D eigenvalue weighted by molar-refractivity contribution is 9.10. The van der Waals surface area contributed by atoms with Gasteiger partial charge in [-0.1, -0.05) is 27.7 Å². The second-order valence-corrected chi connectivity index (χ2v) is 10.0. The van der Waals surface area contributed by atoms with E-state index in [1.54, 1.807) is 11.8 Å². The number of nitrogens with zero attached hydrogens (tertiary/aromatic N) is 1. The number of ether oxygens (including phenoxy) is 1. The summed E-state index contributed by atoms with van der Waals surface area (Å²) in [6.07, 6.45) is 2.44. The highest BCUT2D eigenvalue weighted by Gasteiger charge is 2.54. The SMILES string of the molecule is CC(C)(O)C(=O)NC1CC[C@@H]2Oc3ccc(Br)cc3C3(CSC(N)=N3)C2C1. The minimum absolute atomic E-state index is 0.0126. The number of nitrogens with one attached hydrogen (secondary N) is 1. The van der Waals surface area contributed by atoms with Gasteiger partial charge >= 0.3 is 0 Å². The molecule has 2 heterocycles. The zero-order valence-electron chi connectivity index (χ0n) is 15.4. The average molecular weight is 454 g/mol. The Hall–Kier alpha value is -1.25. The zero-order chi connectivity index (χ0) is 19.4. The number of aliphatic hydroxyl groups is 1. The van der Waals surface area contributed by atoms with E-state index in [0.717, 1.165) is 40.8 Å². The summed E-state index contributed by atoms with van der Waals surface area (Å²) >= 11 is 5.14. The second-order valence-electron chi connectivity index (χ2n) is 8.11. The third kappa shape index (κ3) is 3.36. The van der Waals surface area contributed by atoms with Gasteiger partial charge in [0.25, 0.3) is 5.91 Å². The molecule has 1 amide bonds. The lowest BCUT2D eigenvalue weighted by atomic mass is 9.67. The molecule has 2 aliphatic heterocycles. The van der Waals surface area contributed by atoms with Gasteiger partial charge in [-0.2, -0.15) is 0 Å². The van der Waals surface area contributed by atoms with Gasteiger partial charge in [-0.25, -0.2) is 4.99 Å². The van der Waals surface area contributed by atoms with Crippen LogP contribution < -0.4 is 15.8 Å². The van der Waals surface area contributed by atoms with Crippen LogP contribution >= 0.6 is 27.7 Å². The van der Waals surface area contributed by atoms with E-state index in [9.17, 15) is 9.90 Å². The fourth-order valence-electron chi connectivity index (χ4n) is 4.36. The van der Waals surface area contributed by atoms with E-state index in [0.29, 0.717) is 5.17 Å². The third-order valence-electron chi connectivity index (χ3n) is 5.73. The van der Waals surface area contributed by atoms with Crippen molar-refractivity contribution in [3.63, 3.8) is 0 Å². The molecule has 3 unspecified atom stereocenters. The minimum Gasteiger partial charge on any atom is -0.490 e. The lowest BCUT2D eigenvalue weighted by Gasteiger charge is -2.48. The Morgan fingerprint density at radius 2 is 2.26 bits per heavy atom. The molecule has 1 aromatic carbocycles. The van der Waals surface area contributed by atoms with Crippen molar-refractivity contribution >= 4 is 38.8 Å². The molecule has 8 heteroatoms. The van der Waals surface area contributed by atoms with Gasteiger partial charge < -0.3 is 20.9 Å². The van der Waals surface area contributed by atoms with Crippen LogP contribution in [-0.4, -0.2) is 39.7 Å². The van der Waals surface area contributed by atoms with Gasteiger partial charge in [-0.15, -0.1) is 0 Å². The molecule has 0 saturated heterocycles. The number of amidine groups is 1. The molecule has 4 rings (SSSR count). The molecule has 4 atom stereocenters. The summed E-state index contributed by atoms with van der Waals surface area (Å²) in [5.41, 5.74) is 5.32. The van der Waals surface area contributed by atoms with Crippen molar-refractivity contribution in [3.05, 3.63) is 28.2 Å². The normalized spacial score (nSPS) is 32.3. The van der Waals surface area contributed by atoms with E-state index in [-0.39, 0.29) is 24.0 Å². The average Bonchev–Trinajstić information content (AvgIpc) is 2.98. The summed E-state index contributed by atoms with van der Waals surface area (Å²) in [4.78, 5) is 17.2. The van der Waals surface area contributed by atoms with Gasteiger partial charge in [0.05, 0.1) is 0 Å². The Labute approximate surface area is 171 Å². The highest BCUT2D eigenvalue weighted by atomic mass is 79.9. The van der Waals surface area contributed by atoms with Crippen LogP contribution in [0.1, 0.15) is 38.7 Å². The summed E-state index contributed by atoms with van der Waals surface area (Å²) in [6, 6.07) is 6.04. The first-order valence-electron chi connectivity index (χ1n) is 9.17. The number of aliphatic imine (C=N–C) groups is 1. The smallest absolute Gasteiger partial charge is 0.251 e. The maximum absolute atomic E-state index is 12.3. The summed E-state index contributed by atoms with van der Waals surface area (Å²) in [5, 5.41) is 13.6. The van der Waals surface area contributed by atoms with Crippen LogP contribution in [0, 0.1) is 5.92 Å². The maximum Gasteiger partial charge on any atom is 0.251 e. The first kappa shape index (κ1) is 19.1. The molecule has 1 fully saturated rings. The number of thioether (sulfide) groups is 1. The van der Waals surface area contributed by atoms with Gasteiger partial charge in [0.15, 0.2) is 5.17 Å². The van der Waals surface area contributed by atoms with Gasteiger partial charge in [-0.3, -0.25) is 4.79 Å². The molecule has 0 radical (unpaired) electrons. The summed E-state index contributed by atoms with van der Waals surface area (Å²) in [5.74, 6) is 1.42. The Morgan fingerprint density at radius 3 is 2.93 bits per heavy atom. The Kier molecular flexibility index (Phi) is 4.71. The molecule has 6 nitrogen and oxygen atoms in total. The molecule has 0 aromatic heterocycles. The first-order chi connectivity index (χ1) is 12.7. The van der Waals surface area contributed by atoms with Crippen LogP contribution in [0.4, 0.5) is 0 Å². The van der Waals surface area contributed by atoms with E-state index in [4.69, 9.17) is 15.5 Å². The summed E-state index contributed by atoms with van der Waals surface area (Å²) in [7, 11) is 0. The maximum atomic E-state index is 12.3. The molecular weight excluding hydrogens is 430 g/mol. The molecule has 27 heavy (non-hydrogen) atoms. The van der Waals surface area contributed by atoms with Gasteiger partial charge in [-0.05, 0) is 51.3 Å². The van der Waals surface area contributed by atoms with Crippen LogP contribution in [0.2, 0.25) is 0 Å². The van der Waals surface area contributed by atoms with E-state index in [1.165, 1.54) is 13.8 Å². The molecule has 1 saturated carbocycles. The Morgan fingerprint density at radius 1 is 1.48 bits per heavy atom. The number of fused-ring (bicyclic) bond motifs is 4. The van der Waals surface area contributed by atoms with Gasteiger partial charge in [0, 0.05) is 27.7 Å². The van der Waals surface area contributed by atoms with E-state index in [1.807, 2.05) is 12.1 Å². The Bertz CT molecular complexity index is 810. The number of hydrogen-bond donors (Lipinski definition) is 3. The van der Waals surface area contributed by atoms with Crippen molar-refractivity contribution in [1.82, 2.24) is 5.32 Å². The van der Waals surface area contributed by atoms with Crippen LogP contribution in [-0.2, 0) is 10.3 Å². The topological polar surface area (TPSA) is 96.9 Å². The number of carbonyl (C=O) groups is 1. The lowest BCUT2D eigenvalue weighted by molar-refractivity contribution is -0.138. The predicted molar refractivity (Wildman–Crippen MR) is 110 cm³/mol. The second kappa shape index (κ2) is 6.67. The molecule has 0 bridgehead atoms. The minimum atomic E-state index is -1.39. The van der Waals surface area contributed by atoms with Crippen molar-refractivity contribution in [2.75, 3.05) is 5.75 Å². The van der Waals surface area contributed by atoms with Crippen molar-refractivity contribution in [1.29, 1.82) is 0 Å². The van der Waals surface area contributed by atoms with Crippen molar-refractivity contribution in [2.45, 2.75) is 56.4 Å². The number of carbonyl (C=O) groups excluding carboxylic acids is 1. The van der Waals surface area contributed by atoms with Crippen LogP contribution in [0.3, 0.4) is 0 Å². The fourth-order valence-corrected chi connectivity index (χ4v) is 5.75. The molecule has 146 valence electrons. The van der Waals surface area contributed by atoms with Crippen molar-refractivity contribution < 1.29 is 14.6 Å². The van der Waals surface area contributed by atoms with Gasteiger partial charge in [0.1, 0.15) is 23.0 Å². The first-order valence-corrected chi connectivity index (χ1v) is 10.9. The van der Waals surface area contributed by atoms with E-state index in [2.05, 4.69) is 27.3 Å². The zero-order valence-corrected chi connectivity index (χ0v) is 17.8. The fraction of sp³-hybridized carbons (Fsp3) is 0.579. The van der Waals surface area contributed by atoms with Crippen molar-refractivity contribution in [2.24, 2.45) is 16.6 Å². The van der Waals surface area contributed by atoms with Crippen LogP contribution in [0.15, 0.2) is 27.7 Å². The highest BCUT2D eigenvalue weighted by Crippen LogP contribution is 2.54. The number of rotatable bonds is 2. The van der Waals surface area contributed by atoms with Gasteiger partial charge in [0.2, 0.25) is 0 Å². The predicted octanol–water partition coefficient (Wildman–Crippen LogP) is 2.52. The third-order valence-corrected chi connectivity index (χ3v) is 7.19. The van der Waals surface area contributed by atoms with E-state index >= 15 is 0 Å². The quantitative estimate of drug-likeness (QED) is 0.638. The number of nitrogens with two attached hydrogens (primary N) is 1. The van der Waals surface area contributed by atoms with E-state index < -0.39 is 11.1 Å². The van der Waals surface area contributed by atoms with Crippen molar-refractivity contribution in [3.8, 4) is 5.75 Å². The molecule has 4 N–H and O–H groups in total. The number of amides is 1. The Balaban J connectivity index is 1.68. The number of halogens is 1.